The van der Waals surface area contributed by atoms with Crippen molar-refractivity contribution in [2.24, 2.45) is 0 Å². The molecule has 0 saturated carbocycles. The zero-order chi connectivity index (χ0) is 21.5. The molecule has 3 rings (SSSR count). The molecule has 1 aliphatic heterocycles. The van der Waals surface area contributed by atoms with Crippen LogP contribution < -0.4 is 15.4 Å². The van der Waals surface area contributed by atoms with E-state index < -0.39 is 0 Å². The zero-order valence-corrected chi connectivity index (χ0v) is 18.0. The van der Waals surface area contributed by atoms with Crippen molar-refractivity contribution >= 4 is 11.8 Å². The number of benzene rings is 2. The summed E-state index contributed by atoms with van der Waals surface area (Å²) in [6.07, 6.45) is 2.32. The summed E-state index contributed by atoms with van der Waals surface area (Å²) < 4.78 is 5.54. The standard InChI is InChI=1S/C24H31N3O3/c1-17-10-11-19(14-18(17)2)24(29)26-16-23(28)25-15-21(27-12-6-7-13-27)20-8-4-5-9-22(20)30-3/h4-5,8-11,14,21H,6-7,12-13,15-16H2,1-3H3,(H,25,28)(H,26,29). The molecule has 6 nitrogen and oxygen atoms in total. The number of methoxy groups -OCH3 is 1. The molecule has 0 spiro atoms. The fraction of sp³-hybridized carbons (Fsp3) is 0.417. The van der Waals surface area contributed by atoms with Gasteiger partial charge >= 0.3 is 0 Å². The van der Waals surface area contributed by atoms with Gasteiger partial charge in [-0.3, -0.25) is 14.5 Å². The summed E-state index contributed by atoms with van der Waals surface area (Å²) in [6, 6.07) is 13.5. The van der Waals surface area contributed by atoms with Gasteiger partial charge in [-0.25, -0.2) is 0 Å². The quantitative estimate of drug-likeness (QED) is 0.703. The number of nitrogens with zero attached hydrogens (tertiary/aromatic N) is 1. The van der Waals surface area contributed by atoms with E-state index in [1.54, 1.807) is 13.2 Å². The van der Waals surface area contributed by atoms with Gasteiger partial charge in [0.15, 0.2) is 0 Å². The van der Waals surface area contributed by atoms with Gasteiger partial charge in [-0.2, -0.15) is 0 Å². The minimum absolute atomic E-state index is 0.0445. The lowest BCUT2D eigenvalue weighted by Crippen LogP contribution is -2.41. The molecule has 0 radical (unpaired) electrons. The van der Waals surface area contributed by atoms with Crippen molar-refractivity contribution in [2.75, 3.05) is 33.3 Å². The molecule has 1 aliphatic rings. The first kappa shape index (κ1) is 21.8. The molecule has 1 atom stereocenters. The highest BCUT2D eigenvalue weighted by Crippen LogP contribution is 2.31. The summed E-state index contributed by atoms with van der Waals surface area (Å²) in [5, 5.41) is 5.70. The lowest BCUT2D eigenvalue weighted by atomic mass is 10.0. The number of ether oxygens (including phenoxy) is 1. The first-order valence-electron chi connectivity index (χ1n) is 10.5. The number of para-hydroxylation sites is 1. The molecular weight excluding hydrogens is 378 g/mol. The summed E-state index contributed by atoms with van der Waals surface area (Å²) in [4.78, 5) is 27.2. The maximum atomic E-state index is 12.4. The van der Waals surface area contributed by atoms with E-state index in [0.29, 0.717) is 12.1 Å². The molecule has 0 aliphatic carbocycles. The highest BCUT2D eigenvalue weighted by atomic mass is 16.5. The second-order valence-electron chi connectivity index (χ2n) is 7.79. The molecule has 1 saturated heterocycles. The van der Waals surface area contributed by atoms with E-state index in [2.05, 4.69) is 21.6 Å². The summed E-state index contributed by atoms with van der Waals surface area (Å²) in [7, 11) is 1.67. The SMILES string of the molecule is COc1ccccc1C(CNC(=O)CNC(=O)c1ccc(C)c(C)c1)N1CCCC1. The van der Waals surface area contributed by atoms with Gasteiger partial charge in [0.05, 0.1) is 19.7 Å². The van der Waals surface area contributed by atoms with E-state index in [4.69, 9.17) is 4.74 Å². The number of nitrogens with one attached hydrogen (secondary N) is 2. The molecule has 1 fully saturated rings. The van der Waals surface area contributed by atoms with Crippen LogP contribution in [-0.2, 0) is 4.79 Å². The third kappa shape index (κ3) is 5.39. The maximum Gasteiger partial charge on any atom is 0.251 e. The molecule has 6 heteroatoms. The molecule has 2 N–H and O–H groups in total. The molecule has 1 unspecified atom stereocenters. The number of carbonyl (C=O) groups is 2. The Bertz CT molecular complexity index is 891. The van der Waals surface area contributed by atoms with Gasteiger partial charge in [0.25, 0.3) is 5.91 Å². The van der Waals surface area contributed by atoms with Gasteiger partial charge in [0, 0.05) is 17.7 Å². The van der Waals surface area contributed by atoms with Crippen LogP contribution >= 0.6 is 0 Å². The van der Waals surface area contributed by atoms with E-state index in [0.717, 1.165) is 48.4 Å². The molecule has 0 bridgehead atoms. The summed E-state index contributed by atoms with van der Waals surface area (Å²) in [5.74, 6) is 0.382. The Hall–Kier alpha value is -2.86. The van der Waals surface area contributed by atoms with Crippen molar-refractivity contribution in [2.45, 2.75) is 32.7 Å². The summed E-state index contributed by atoms with van der Waals surface area (Å²) in [6.45, 7) is 6.39. The average Bonchev–Trinajstić information content (AvgIpc) is 3.29. The molecular formula is C24H31N3O3. The number of hydrogen-bond acceptors (Lipinski definition) is 4. The van der Waals surface area contributed by atoms with Crippen LogP contribution in [0.1, 0.15) is 45.9 Å². The predicted molar refractivity (Wildman–Crippen MR) is 118 cm³/mol. The van der Waals surface area contributed by atoms with Gasteiger partial charge in [-0.05, 0) is 69.1 Å². The van der Waals surface area contributed by atoms with Gasteiger partial charge in [-0.15, -0.1) is 0 Å². The van der Waals surface area contributed by atoms with Crippen LogP contribution in [-0.4, -0.2) is 50.0 Å². The zero-order valence-electron chi connectivity index (χ0n) is 18.0. The Morgan fingerprint density at radius 1 is 1.03 bits per heavy atom. The Morgan fingerprint density at radius 2 is 1.77 bits per heavy atom. The van der Waals surface area contributed by atoms with E-state index >= 15 is 0 Å². The third-order valence-corrected chi connectivity index (χ3v) is 5.75. The van der Waals surface area contributed by atoms with Gasteiger partial charge in [0.2, 0.25) is 5.91 Å². The van der Waals surface area contributed by atoms with Crippen molar-refractivity contribution in [3.05, 3.63) is 64.7 Å². The molecule has 30 heavy (non-hydrogen) atoms. The van der Waals surface area contributed by atoms with Crippen LogP contribution in [0.15, 0.2) is 42.5 Å². The Labute approximate surface area is 178 Å². The second kappa shape index (κ2) is 10.3. The first-order chi connectivity index (χ1) is 14.5. The van der Waals surface area contributed by atoms with Crippen LogP contribution in [0.2, 0.25) is 0 Å². The van der Waals surface area contributed by atoms with E-state index in [9.17, 15) is 9.59 Å². The number of rotatable bonds is 8. The largest absolute Gasteiger partial charge is 0.496 e. The fourth-order valence-electron chi connectivity index (χ4n) is 3.85. The van der Waals surface area contributed by atoms with Crippen LogP contribution in [0.5, 0.6) is 5.75 Å². The first-order valence-corrected chi connectivity index (χ1v) is 10.5. The maximum absolute atomic E-state index is 12.4. The number of amides is 2. The summed E-state index contributed by atoms with van der Waals surface area (Å²) in [5.41, 5.74) is 3.82. The van der Waals surface area contributed by atoms with Gasteiger partial charge < -0.3 is 15.4 Å². The van der Waals surface area contributed by atoms with E-state index in [1.165, 1.54) is 0 Å². The van der Waals surface area contributed by atoms with Gasteiger partial charge in [-0.1, -0.05) is 24.3 Å². The van der Waals surface area contributed by atoms with Gasteiger partial charge in [0.1, 0.15) is 5.75 Å². The summed E-state index contributed by atoms with van der Waals surface area (Å²) >= 11 is 0. The minimum atomic E-state index is -0.242. The highest BCUT2D eigenvalue weighted by Gasteiger charge is 2.26. The molecule has 2 amide bonds. The number of carbonyl (C=O) groups excluding carboxylic acids is 2. The smallest absolute Gasteiger partial charge is 0.251 e. The van der Waals surface area contributed by atoms with Crippen LogP contribution in [0, 0.1) is 13.8 Å². The molecule has 1 heterocycles. The van der Waals surface area contributed by atoms with Crippen molar-refractivity contribution < 1.29 is 14.3 Å². The van der Waals surface area contributed by atoms with Crippen molar-refractivity contribution in [1.82, 2.24) is 15.5 Å². The fourth-order valence-corrected chi connectivity index (χ4v) is 3.85. The Kier molecular flexibility index (Phi) is 7.46. The minimum Gasteiger partial charge on any atom is -0.496 e. The number of hydrogen-bond donors (Lipinski definition) is 2. The normalized spacial score (nSPS) is 14.9. The van der Waals surface area contributed by atoms with Crippen molar-refractivity contribution in [1.29, 1.82) is 0 Å². The van der Waals surface area contributed by atoms with Crippen LogP contribution in [0.3, 0.4) is 0 Å². The molecule has 2 aromatic rings. The van der Waals surface area contributed by atoms with Crippen LogP contribution in [0.25, 0.3) is 0 Å². The highest BCUT2D eigenvalue weighted by molar-refractivity contribution is 5.96. The topological polar surface area (TPSA) is 70.7 Å². The lowest BCUT2D eigenvalue weighted by Gasteiger charge is -2.29. The van der Waals surface area contributed by atoms with E-state index in [-0.39, 0.29) is 24.4 Å². The average molecular weight is 410 g/mol. The molecule has 2 aromatic carbocycles. The molecule has 0 aromatic heterocycles. The molecule has 160 valence electrons. The monoisotopic (exact) mass is 409 g/mol. The third-order valence-electron chi connectivity index (χ3n) is 5.75. The van der Waals surface area contributed by atoms with Crippen molar-refractivity contribution in [3.8, 4) is 5.75 Å². The lowest BCUT2D eigenvalue weighted by molar-refractivity contribution is -0.120. The Balaban J connectivity index is 1.59. The number of likely N-dealkylation sites (tertiary alicyclic amines) is 1. The second-order valence-corrected chi connectivity index (χ2v) is 7.79. The number of aryl methyl sites for hydroxylation is 2. The van der Waals surface area contributed by atoms with Crippen molar-refractivity contribution in [3.63, 3.8) is 0 Å². The Morgan fingerprint density at radius 3 is 2.47 bits per heavy atom. The van der Waals surface area contributed by atoms with Crippen LogP contribution in [0.4, 0.5) is 0 Å². The predicted octanol–water partition coefficient (Wildman–Crippen LogP) is 3.00. The van der Waals surface area contributed by atoms with E-state index in [1.807, 2.05) is 44.2 Å².